The lowest BCUT2D eigenvalue weighted by molar-refractivity contribution is -0.134. The standard InChI is InChI=1S/C17H25FN4O2.2ClH/c1-12(19)10-16(23)22-8-6-21(7-9-22)13(2)17(24)20-15-5-3-4-14(18)11-15;;/h3-5,11-13H,6-10,19H2,1-2H3,(H,20,24);2*1H. The number of nitrogens with two attached hydrogens (primary N) is 1. The van der Waals surface area contributed by atoms with E-state index in [4.69, 9.17) is 5.73 Å². The first-order valence-corrected chi connectivity index (χ1v) is 8.20. The third-order valence-corrected chi connectivity index (χ3v) is 4.18. The first kappa shape index (κ1) is 24.6. The number of carbonyl (C=O) groups excluding carboxylic acids is 2. The zero-order chi connectivity index (χ0) is 17.7. The Morgan fingerprint density at radius 1 is 1.19 bits per heavy atom. The van der Waals surface area contributed by atoms with Crippen molar-refractivity contribution in [3.63, 3.8) is 0 Å². The van der Waals surface area contributed by atoms with Crippen LogP contribution in [0.25, 0.3) is 0 Å². The Morgan fingerprint density at radius 3 is 2.35 bits per heavy atom. The lowest BCUT2D eigenvalue weighted by Gasteiger charge is -2.37. The Morgan fingerprint density at radius 2 is 1.81 bits per heavy atom. The molecule has 6 nitrogen and oxygen atoms in total. The van der Waals surface area contributed by atoms with Gasteiger partial charge in [0.05, 0.1) is 6.04 Å². The van der Waals surface area contributed by atoms with Crippen molar-refractivity contribution in [2.45, 2.75) is 32.4 Å². The normalized spacial score (nSPS) is 16.7. The summed E-state index contributed by atoms with van der Waals surface area (Å²) in [5, 5.41) is 2.72. The number of benzene rings is 1. The van der Waals surface area contributed by atoms with Crippen LogP contribution in [0.2, 0.25) is 0 Å². The summed E-state index contributed by atoms with van der Waals surface area (Å²) in [6, 6.07) is 5.33. The summed E-state index contributed by atoms with van der Waals surface area (Å²) in [4.78, 5) is 28.1. The van der Waals surface area contributed by atoms with Crippen molar-refractivity contribution in [3.8, 4) is 0 Å². The predicted octanol–water partition coefficient (Wildman–Crippen LogP) is 1.88. The predicted molar refractivity (Wildman–Crippen MR) is 105 cm³/mol. The molecule has 1 heterocycles. The molecule has 1 fully saturated rings. The van der Waals surface area contributed by atoms with Crippen LogP contribution in [0.15, 0.2) is 24.3 Å². The maximum atomic E-state index is 13.2. The minimum absolute atomic E-state index is 0. The van der Waals surface area contributed by atoms with Gasteiger partial charge in [-0.3, -0.25) is 14.5 Å². The Bertz CT molecular complexity index is 596. The van der Waals surface area contributed by atoms with Crippen LogP contribution in [-0.4, -0.2) is 59.9 Å². The molecule has 0 saturated carbocycles. The van der Waals surface area contributed by atoms with Gasteiger partial charge in [0, 0.05) is 44.3 Å². The Hall–Kier alpha value is -1.41. The minimum atomic E-state index is -0.387. The number of amides is 2. The van der Waals surface area contributed by atoms with E-state index in [0.717, 1.165) is 0 Å². The molecule has 1 aliphatic heterocycles. The van der Waals surface area contributed by atoms with Gasteiger partial charge in [-0.05, 0) is 32.0 Å². The topological polar surface area (TPSA) is 78.7 Å². The third-order valence-electron chi connectivity index (χ3n) is 4.18. The van der Waals surface area contributed by atoms with Gasteiger partial charge in [0.25, 0.3) is 0 Å². The Balaban J connectivity index is 0.00000312. The average molecular weight is 409 g/mol. The zero-order valence-electron chi connectivity index (χ0n) is 15.0. The number of rotatable bonds is 5. The van der Waals surface area contributed by atoms with E-state index in [1.807, 2.05) is 18.7 Å². The first-order valence-electron chi connectivity index (χ1n) is 8.20. The molecule has 3 N–H and O–H groups in total. The Kier molecular flexibility index (Phi) is 10.7. The fourth-order valence-electron chi connectivity index (χ4n) is 2.74. The van der Waals surface area contributed by atoms with Gasteiger partial charge in [-0.2, -0.15) is 0 Å². The molecular weight excluding hydrogens is 382 g/mol. The molecule has 2 rings (SSSR count). The van der Waals surface area contributed by atoms with Crippen molar-refractivity contribution in [2.24, 2.45) is 5.73 Å². The first-order chi connectivity index (χ1) is 11.4. The second kappa shape index (κ2) is 11.3. The van der Waals surface area contributed by atoms with Crippen LogP contribution in [0.4, 0.5) is 10.1 Å². The van der Waals surface area contributed by atoms with Gasteiger partial charge in [0.2, 0.25) is 11.8 Å². The minimum Gasteiger partial charge on any atom is -0.340 e. The van der Waals surface area contributed by atoms with Crippen LogP contribution in [0.5, 0.6) is 0 Å². The van der Waals surface area contributed by atoms with Gasteiger partial charge in [0.1, 0.15) is 5.82 Å². The number of hydrogen-bond acceptors (Lipinski definition) is 4. The van der Waals surface area contributed by atoms with Crippen molar-refractivity contribution >= 4 is 42.3 Å². The molecule has 2 atom stereocenters. The maximum Gasteiger partial charge on any atom is 0.241 e. The van der Waals surface area contributed by atoms with E-state index < -0.39 is 0 Å². The van der Waals surface area contributed by atoms with Gasteiger partial charge < -0.3 is 16.0 Å². The SMILES string of the molecule is CC(N)CC(=O)N1CCN(C(C)C(=O)Nc2cccc(F)c2)CC1.Cl.Cl. The quantitative estimate of drug-likeness (QED) is 0.779. The molecule has 2 unspecified atom stereocenters. The molecule has 1 aromatic rings. The zero-order valence-corrected chi connectivity index (χ0v) is 16.6. The molecule has 0 aliphatic carbocycles. The van der Waals surface area contributed by atoms with Crippen molar-refractivity contribution in [3.05, 3.63) is 30.1 Å². The molecule has 0 aromatic heterocycles. The third kappa shape index (κ3) is 7.07. The number of nitrogens with zero attached hydrogens (tertiary/aromatic N) is 2. The van der Waals surface area contributed by atoms with Crippen LogP contribution in [0.1, 0.15) is 20.3 Å². The van der Waals surface area contributed by atoms with Gasteiger partial charge in [0.15, 0.2) is 0 Å². The van der Waals surface area contributed by atoms with Crippen molar-refractivity contribution in [1.82, 2.24) is 9.80 Å². The van der Waals surface area contributed by atoms with Crippen LogP contribution in [0, 0.1) is 5.82 Å². The number of hydrogen-bond donors (Lipinski definition) is 2. The number of anilines is 1. The summed E-state index contributed by atoms with van der Waals surface area (Å²) in [7, 11) is 0. The highest BCUT2D eigenvalue weighted by molar-refractivity contribution is 5.94. The van der Waals surface area contributed by atoms with Crippen molar-refractivity contribution in [1.29, 1.82) is 0 Å². The lowest BCUT2D eigenvalue weighted by atomic mass is 10.1. The fourth-order valence-corrected chi connectivity index (χ4v) is 2.74. The molecule has 0 bridgehead atoms. The molecule has 1 aliphatic rings. The average Bonchev–Trinajstić information content (AvgIpc) is 2.53. The van der Waals surface area contributed by atoms with Crippen LogP contribution in [0.3, 0.4) is 0 Å². The highest BCUT2D eigenvalue weighted by atomic mass is 35.5. The molecule has 1 saturated heterocycles. The summed E-state index contributed by atoms with van der Waals surface area (Å²) >= 11 is 0. The van der Waals surface area contributed by atoms with Gasteiger partial charge >= 0.3 is 0 Å². The molecule has 0 radical (unpaired) electrons. The Labute approximate surface area is 166 Å². The smallest absolute Gasteiger partial charge is 0.241 e. The van der Waals surface area contributed by atoms with Crippen LogP contribution >= 0.6 is 24.8 Å². The molecule has 26 heavy (non-hydrogen) atoms. The summed E-state index contributed by atoms with van der Waals surface area (Å²) < 4.78 is 13.2. The van der Waals surface area contributed by atoms with Crippen LogP contribution in [-0.2, 0) is 9.59 Å². The van der Waals surface area contributed by atoms with Crippen molar-refractivity contribution < 1.29 is 14.0 Å². The highest BCUT2D eigenvalue weighted by Gasteiger charge is 2.27. The number of halogens is 3. The van der Waals surface area contributed by atoms with E-state index >= 15 is 0 Å². The van der Waals surface area contributed by atoms with Gasteiger partial charge in [-0.15, -0.1) is 24.8 Å². The molecule has 2 amide bonds. The molecule has 0 spiro atoms. The fraction of sp³-hybridized carbons (Fsp3) is 0.529. The summed E-state index contributed by atoms with van der Waals surface area (Å²) in [5.74, 6) is -0.515. The van der Waals surface area contributed by atoms with Gasteiger partial charge in [-0.25, -0.2) is 4.39 Å². The van der Waals surface area contributed by atoms with Gasteiger partial charge in [-0.1, -0.05) is 6.07 Å². The van der Waals surface area contributed by atoms with E-state index in [0.29, 0.717) is 38.3 Å². The molecule has 1 aromatic carbocycles. The molecule has 148 valence electrons. The summed E-state index contributed by atoms with van der Waals surface area (Å²) in [5.41, 5.74) is 6.10. The highest BCUT2D eigenvalue weighted by Crippen LogP contribution is 2.13. The van der Waals surface area contributed by atoms with E-state index in [-0.39, 0.29) is 54.5 Å². The maximum absolute atomic E-state index is 13.2. The van der Waals surface area contributed by atoms with E-state index in [1.165, 1.54) is 12.1 Å². The van der Waals surface area contributed by atoms with E-state index in [1.54, 1.807) is 17.0 Å². The number of carbonyl (C=O) groups is 2. The number of nitrogens with one attached hydrogen (secondary N) is 1. The van der Waals surface area contributed by atoms with E-state index in [2.05, 4.69) is 5.32 Å². The van der Waals surface area contributed by atoms with E-state index in [9.17, 15) is 14.0 Å². The number of piperazine rings is 1. The van der Waals surface area contributed by atoms with Crippen LogP contribution < -0.4 is 11.1 Å². The second-order valence-electron chi connectivity index (χ2n) is 6.27. The van der Waals surface area contributed by atoms with Crippen molar-refractivity contribution in [2.75, 3.05) is 31.5 Å². The molecule has 9 heteroatoms. The summed E-state index contributed by atoms with van der Waals surface area (Å²) in [6.45, 7) is 6.05. The monoisotopic (exact) mass is 408 g/mol. The summed E-state index contributed by atoms with van der Waals surface area (Å²) in [6.07, 6.45) is 0.343. The second-order valence-corrected chi connectivity index (χ2v) is 6.27. The largest absolute Gasteiger partial charge is 0.340 e. The molecular formula is C17H27Cl2FN4O2. The lowest BCUT2D eigenvalue weighted by Crippen LogP contribution is -2.54.